The quantitative estimate of drug-likeness (QED) is 0.823. The van der Waals surface area contributed by atoms with Gasteiger partial charge in [-0.1, -0.05) is 18.6 Å². The van der Waals surface area contributed by atoms with Crippen LogP contribution in [0.15, 0.2) is 18.2 Å². The molecule has 0 spiro atoms. The SMILES string of the molecule is CC1CCCC(C)N1C1CCCc2c(O)cccc21. The number of nitrogens with zero attached hydrogens (tertiary/aromatic N) is 1. The fourth-order valence-electron chi connectivity index (χ4n) is 4.17. The number of fused-ring (bicyclic) bond motifs is 1. The summed E-state index contributed by atoms with van der Waals surface area (Å²) in [5.74, 6) is 0.500. The first kappa shape index (κ1) is 13.0. The molecule has 0 radical (unpaired) electrons. The second kappa shape index (κ2) is 5.16. The van der Waals surface area contributed by atoms with E-state index in [9.17, 15) is 5.11 Å². The Balaban J connectivity index is 1.96. The van der Waals surface area contributed by atoms with Gasteiger partial charge in [0.2, 0.25) is 0 Å². The highest BCUT2D eigenvalue weighted by Crippen LogP contribution is 2.42. The van der Waals surface area contributed by atoms with E-state index in [1.54, 1.807) is 0 Å². The molecule has 1 fully saturated rings. The molecule has 2 nitrogen and oxygen atoms in total. The average molecular weight is 259 g/mol. The zero-order chi connectivity index (χ0) is 13.4. The maximum atomic E-state index is 10.1. The maximum absolute atomic E-state index is 10.1. The second-order valence-corrected chi connectivity index (χ2v) is 6.33. The minimum absolute atomic E-state index is 0.500. The Morgan fingerprint density at radius 3 is 2.53 bits per heavy atom. The van der Waals surface area contributed by atoms with Gasteiger partial charge in [0.15, 0.2) is 0 Å². The summed E-state index contributed by atoms with van der Waals surface area (Å²) >= 11 is 0. The van der Waals surface area contributed by atoms with Crippen molar-refractivity contribution >= 4 is 0 Å². The number of hydrogen-bond donors (Lipinski definition) is 1. The topological polar surface area (TPSA) is 23.5 Å². The van der Waals surface area contributed by atoms with E-state index in [-0.39, 0.29) is 0 Å². The van der Waals surface area contributed by atoms with Crippen molar-refractivity contribution in [2.24, 2.45) is 0 Å². The second-order valence-electron chi connectivity index (χ2n) is 6.33. The van der Waals surface area contributed by atoms with Crippen LogP contribution >= 0.6 is 0 Å². The van der Waals surface area contributed by atoms with Crippen molar-refractivity contribution in [1.29, 1.82) is 0 Å². The zero-order valence-electron chi connectivity index (χ0n) is 12.1. The molecular formula is C17H25NO. The summed E-state index contributed by atoms with van der Waals surface area (Å²) in [4.78, 5) is 2.71. The van der Waals surface area contributed by atoms with E-state index in [0.29, 0.717) is 23.9 Å². The van der Waals surface area contributed by atoms with Gasteiger partial charge in [-0.15, -0.1) is 0 Å². The maximum Gasteiger partial charge on any atom is 0.119 e. The monoisotopic (exact) mass is 259 g/mol. The van der Waals surface area contributed by atoms with E-state index in [1.165, 1.54) is 43.2 Å². The molecule has 19 heavy (non-hydrogen) atoms. The van der Waals surface area contributed by atoms with Crippen LogP contribution in [0.5, 0.6) is 5.75 Å². The third kappa shape index (κ3) is 2.27. The third-order valence-corrected chi connectivity index (χ3v) is 5.07. The normalized spacial score (nSPS) is 32.0. The summed E-state index contributed by atoms with van der Waals surface area (Å²) in [6.45, 7) is 4.74. The fourth-order valence-corrected chi connectivity index (χ4v) is 4.17. The van der Waals surface area contributed by atoms with Gasteiger partial charge in [-0.2, -0.15) is 0 Å². The van der Waals surface area contributed by atoms with Crippen molar-refractivity contribution in [3.63, 3.8) is 0 Å². The lowest BCUT2D eigenvalue weighted by Gasteiger charge is -2.46. The molecule has 3 rings (SSSR count). The van der Waals surface area contributed by atoms with E-state index >= 15 is 0 Å². The summed E-state index contributed by atoms with van der Waals surface area (Å²) in [7, 11) is 0. The number of benzene rings is 1. The van der Waals surface area contributed by atoms with E-state index in [0.717, 1.165) is 6.42 Å². The Morgan fingerprint density at radius 2 is 1.79 bits per heavy atom. The lowest BCUT2D eigenvalue weighted by molar-refractivity contribution is 0.0458. The van der Waals surface area contributed by atoms with Gasteiger partial charge >= 0.3 is 0 Å². The van der Waals surface area contributed by atoms with E-state index < -0.39 is 0 Å². The van der Waals surface area contributed by atoms with Crippen molar-refractivity contribution in [3.05, 3.63) is 29.3 Å². The van der Waals surface area contributed by atoms with Crippen LogP contribution in [0.4, 0.5) is 0 Å². The highest BCUT2D eigenvalue weighted by atomic mass is 16.3. The third-order valence-electron chi connectivity index (χ3n) is 5.07. The molecule has 0 amide bonds. The van der Waals surface area contributed by atoms with Crippen molar-refractivity contribution in [2.45, 2.75) is 70.5 Å². The molecule has 0 bridgehead atoms. The predicted octanol–water partition coefficient (Wildman–Crippen LogP) is 4.03. The number of phenols is 1. The summed E-state index contributed by atoms with van der Waals surface area (Å²) in [6, 6.07) is 7.92. The smallest absolute Gasteiger partial charge is 0.119 e. The van der Waals surface area contributed by atoms with Crippen LogP contribution in [0.25, 0.3) is 0 Å². The van der Waals surface area contributed by atoms with Crippen LogP contribution in [0.1, 0.15) is 63.1 Å². The van der Waals surface area contributed by atoms with Crippen LogP contribution in [0, 0.1) is 0 Å². The number of hydrogen-bond acceptors (Lipinski definition) is 2. The molecule has 3 atom stereocenters. The average Bonchev–Trinajstić information content (AvgIpc) is 2.39. The number of rotatable bonds is 1. The van der Waals surface area contributed by atoms with E-state index in [1.807, 2.05) is 12.1 Å². The van der Waals surface area contributed by atoms with E-state index in [4.69, 9.17) is 0 Å². The number of phenolic OH excluding ortho intramolecular Hbond substituents is 1. The standard InChI is InChI=1S/C17H25NO/c1-12-6-3-7-13(2)18(12)16-10-4-9-15-14(16)8-5-11-17(15)19/h5,8,11-13,16,19H,3-4,6-7,9-10H2,1-2H3. The molecule has 1 aromatic rings. The molecular weight excluding hydrogens is 234 g/mol. The summed E-state index contributed by atoms with van der Waals surface area (Å²) in [5.41, 5.74) is 2.58. The summed E-state index contributed by atoms with van der Waals surface area (Å²) in [6.07, 6.45) is 7.47. The Labute approximate surface area is 116 Å². The van der Waals surface area contributed by atoms with Gasteiger partial charge in [-0.05, 0) is 63.1 Å². The first-order valence-corrected chi connectivity index (χ1v) is 7.76. The van der Waals surface area contributed by atoms with Gasteiger partial charge in [0, 0.05) is 18.1 Å². The highest BCUT2D eigenvalue weighted by molar-refractivity contribution is 5.42. The predicted molar refractivity (Wildman–Crippen MR) is 78.4 cm³/mol. The summed E-state index contributed by atoms with van der Waals surface area (Å²) in [5, 5.41) is 10.1. The molecule has 0 aromatic heterocycles. The molecule has 2 aliphatic rings. The molecule has 3 unspecified atom stereocenters. The van der Waals surface area contributed by atoms with Gasteiger partial charge in [-0.25, -0.2) is 0 Å². The van der Waals surface area contributed by atoms with Crippen molar-refractivity contribution in [3.8, 4) is 5.75 Å². The molecule has 1 heterocycles. The Morgan fingerprint density at radius 1 is 1.05 bits per heavy atom. The summed E-state index contributed by atoms with van der Waals surface area (Å²) < 4.78 is 0. The minimum Gasteiger partial charge on any atom is -0.508 e. The van der Waals surface area contributed by atoms with Gasteiger partial charge in [0.05, 0.1) is 0 Å². The zero-order valence-corrected chi connectivity index (χ0v) is 12.1. The van der Waals surface area contributed by atoms with Crippen molar-refractivity contribution < 1.29 is 5.11 Å². The van der Waals surface area contributed by atoms with Crippen LogP contribution in [-0.4, -0.2) is 22.1 Å². The molecule has 1 aromatic carbocycles. The molecule has 104 valence electrons. The van der Waals surface area contributed by atoms with Gasteiger partial charge < -0.3 is 5.11 Å². The Bertz CT molecular complexity index is 447. The number of piperidine rings is 1. The van der Waals surface area contributed by atoms with Crippen LogP contribution in [-0.2, 0) is 6.42 Å². The molecule has 2 heteroatoms. The lowest BCUT2D eigenvalue weighted by Crippen LogP contribution is -2.46. The highest BCUT2D eigenvalue weighted by Gasteiger charge is 2.34. The largest absolute Gasteiger partial charge is 0.508 e. The molecule has 1 N–H and O–H groups in total. The Kier molecular flexibility index (Phi) is 3.53. The van der Waals surface area contributed by atoms with Crippen molar-refractivity contribution in [2.75, 3.05) is 0 Å². The van der Waals surface area contributed by atoms with E-state index in [2.05, 4.69) is 24.8 Å². The lowest BCUT2D eigenvalue weighted by atomic mass is 9.83. The fraction of sp³-hybridized carbons (Fsp3) is 0.647. The van der Waals surface area contributed by atoms with Crippen LogP contribution < -0.4 is 0 Å². The molecule has 1 aliphatic carbocycles. The molecule has 1 aliphatic heterocycles. The molecule has 1 saturated heterocycles. The number of likely N-dealkylation sites (tertiary alicyclic amines) is 1. The number of aromatic hydroxyl groups is 1. The Hall–Kier alpha value is -1.02. The molecule has 0 saturated carbocycles. The van der Waals surface area contributed by atoms with Crippen LogP contribution in [0.2, 0.25) is 0 Å². The van der Waals surface area contributed by atoms with Gasteiger partial charge in [0.25, 0.3) is 0 Å². The van der Waals surface area contributed by atoms with Crippen molar-refractivity contribution in [1.82, 2.24) is 4.90 Å². The van der Waals surface area contributed by atoms with Gasteiger partial charge in [0.1, 0.15) is 5.75 Å². The first-order chi connectivity index (χ1) is 9.18. The first-order valence-electron chi connectivity index (χ1n) is 7.76. The van der Waals surface area contributed by atoms with Crippen LogP contribution in [0.3, 0.4) is 0 Å². The van der Waals surface area contributed by atoms with Gasteiger partial charge in [-0.3, -0.25) is 4.90 Å². The minimum atomic E-state index is 0.500.